The number of amides is 1. The van der Waals surface area contributed by atoms with Crippen LogP contribution in [0.15, 0.2) is 57.7 Å². The van der Waals surface area contributed by atoms with Crippen LogP contribution in [0.3, 0.4) is 0 Å². The maximum atomic E-state index is 12.6. The minimum Gasteiger partial charge on any atom is -0.408 e. The topological polar surface area (TPSA) is 82.1 Å². The standard InChI is InChI=1S/C20H18N4O3/c1-12-4-6-13(7-5-12)17-11-15(22-24(17)3)19(25)21-14-8-9-16-18(10-14)27-20(26)23(16)2/h4-11H,1-3H3,(H,21,25). The highest BCUT2D eigenvalue weighted by Crippen LogP contribution is 2.22. The van der Waals surface area contributed by atoms with E-state index in [1.54, 1.807) is 43.0 Å². The summed E-state index contributed by atoms with van der Waals surface area (Å²) in [6.07, 6.45) is 0. The zero-order valence-electron chi connectivity index (χ0n) is 15.2. The molecule has 0 saturated carbocycles. The number of fused-ring (bicyclic) bond motifs is 1. The molecule has 2 heterocycles. The number of oxazole rings is 1. The van der Waals surface area contributed by atoms with Crippen LogP contribution in [-0.2, 0) is 14.1 Å². The average Bonchev–Trinajstić information content (AvgIpc) is 3.16. The number of nitrogens with zero attached hydrogens (tertiary/aromatic N) is 3. The van der Waals surface area contributed by atoms with Crippen LogP contribution in [0.4, 0.5) is 5.69 Å². The van der Waals surface area contributed by atoms with Gasteiger partial charge in [0.05, 0.1) is 11.2 Å². The van der Waals surface area contributed by atoms with E-state index < -0.39 is 5.76 Å². The molecule has 0 fully saturated rings. The Hall–Kier alpha value is -3.61. The summed E-state index contributed by atoms with van der Waals surface area (Å²) >= 11 is 0. The van der Waals surface area contributed by atoms with Gasteiger partial charge in [-0.3, -0.25) is 14.0 Å². The molecule has 136 valence electrons. The van der Waals surface area contributed by atoms with Crippen molar-refractivity contribution >= 4 is 22.7 Å². The lowest BCUT2D eigenvalue weighted by molar-refractivity contribution is 0.102. The van der Waals surface area contributed by atoms with Crippen LogP contribution >= 0.6 is 0 Å². The fourth-order valence-electron chi connectivity index (χ4n) is 2.98. The number of aryl methyl sites for hydroxylation is 3. The van der Waals surface area contributed by atoms with Crippen LogP contribution < -0.4 is 11.1 Å². The molecular formula is C20H18N4O3. The van der Waals surface area contributed by atoms with Gasteiger partial charge in [0.25, 0.3) is 5.91 Å². The number of nitrogens with one attached hydrogen (secondary N) is 1. The molecule has 0 radical (unpaired) electrons. The van der Waals surface area contributed by atoms with Gasteiger partial charge in [-0.05, 0) is 30.7 Å². The van der Waals surface area contributed by atoms with Crippen LogP contribution in [0.5, 0.6) is 0 Å². The fraction of sp³-hybridized carbons (Fsp3) is 0.150. The fourth-order valence-corrected chi connectivity index (χ4v) is 2.98. The highest BCUT2D eigenvalue weighted by Gasteiger charge is 2.15. The molecule has 4 rings (SSSR count). The third-order valence-electron chi connectivity index (χ3n) is 4.51. The lowest BCUT2D eigenvalue weighted by atomic mass is 10.1. The second-order valence-electron chi connectivity index (χ2n) is 6.47. The van der Waals surface area contributed by atoms with E-state index in [0.29, 0.717) is 22.5 Å². The molecule has 2 aromatic carbocycles. The first kappa shape index (κ1) is 16.8. The highest BCUT2D eigenvalue weighted by molar-refractivity contribution is 6.04. The van der Waals surface area contributed by atoms with Gasteiger partial charge in [0, 0.05) is 25.8 Å². The monoisotopic (exact) mass is 362 g/mol. The third kappa shape index (κ3) is 3.03. The van der Waals surface area contributed by atoms with Gasteiger partial charge in [-0.25, -0.2) is 4.79 Å². The molecule has 0 aliphatic carbocycles. The van der Waals surface area contributed by atoms with Gasteiger partial charge in [-0.15, -0.1) is 0 Å². The lowest BCUT2D eigenvalue weighted by Crippen LogP contribution is -2.13. The number of anilines is 1. The minimum atomic E-state index is -0.444. The first-order valence-corrected chi connectivity index (χ1v) is 8.44. The molecule has 1 amide bonds. The number of carbonyl (C=O) groups excluding carboxylic acids is 1. The predicted molar refractivity (Wildman–Crippen MR) is 103 cm³/mol. The second kappa shape index (κ2) is 6.28. The van der Waals surface area contributed by atoms with Gasteiger partial charge in [0.2, 0.25) is 0 Å². The van der Waals surface area contributed by atoms with E-state index in [9.17, 15) is 9.59 Å². The Bertz CT molecular complexity index is 1210. The molecular weight excluding hydrogens is 344 g/mol. The summed E-state index contributed by atoms with van der Waals surface area (Å²) in [6, 6.07) is 14.9. The summed E-state index contributed by atoms with van der Waals surface area (Å²) in [5.41, 5.74) is 4.93. The average molecular weight is 362 g/mol. The number of carbonyl (C=O) groups is 1. The van der Waals surface area contributed by atoms with Crippen molar-refractivity contribution in [2.45, 2.75) is 6.92 Å². The highest BCUT2D eigenvalue weighted by atomic mass is 16.4. The molecule has 0 aliphatic heterocycles. The van der Waals surface area contributed by atoms with Crippen molar-refractivity contribution in [3.63, 3.8) is 0 Å². The van der Waals surface area contributed by atoms with E-state index in [-0.39, 0.29) is 5.91 Å². The number of hydrogen-bond donors (Lipinski definition) is 1. The van der Waals surface area contributed by atoms with Gasteiger partial charge in [-0.1, -0.05) is 29.8 Å². The van der Waals surface area contributed by atoms with Crippen LogP contribution in [0.25, 0.3) is 22.4 Å². The molecule has 0 bridgehead atoms. The molecule has 0 unspecified atom stereocenters. The number of benzene rings is 2. The van der Waals surface area contributed by atoms with Crippen molar-refractivity contribution in [3.05, 3.63) is 70.3 Å². The van der Waals surface area contributed by atoms with E-state index in [1.165, 1.54) is 10.1 Å². The van der Waals surface area contributed by atoms with Crippen LogP contribution in [0.2, 0.25) is 0 Å². The number of rotatable bonds is 3. The maximum Gasteiger partial charge on any atom is 0.419 e. The van der Waals surface area contributed by atoms with E-state index in [0.717, 1.165) is 11.3 Å². The summed E-state index contributed by atoms with van der Waals surface area (Å²) in [5, 5.41) is 7.11. The summed E-state index contributed by atoms with van der Waals surface area (Å²) < 4.78 is 8.24. The SMILES string of the molecule is Cc1ccc(-c2cc(C(=O)Nc3ccc4c(c3)oc(=O)n4C)nn2C)cc1. The molecule has 7 heteroatoms. The van der Waals surface area contributed by atoms with Crippen LogP contribution in [0, 0.1) is 6.92 Å². The Morgan fingerprint density at radius 1 is 1.07 bits per heavy atom. The van der Waals surface area contributed by atoms with Gasteiger partial charge < -0.3 is 9.73 Å². The largest absolute Gasteiger partial charge is 0.419 e. The molecule has 0 aliphatic rings. The maximum absolute atomic E-state index is 12.6. The zero-order chi connectivity index (χ0) is 19.1. The third-order valence-corrected chi connectivity index (χ3v) is 4.51. The quantitative estimate of drug-likeness (QED) is 0.607. The van der Waals surface area contributed by atoms with Gasteiger partial charge in [-0.2, -0.15) is 5.10 Å². The number of hydrogen-bond acceptors (Lipinski definition) is 4. The van der Waals surface area contributed by atoms with Gasteiger partial charge >= 0.3 is 5.76 Å². The second-order valence-corrected chi connectivity index (χ2v) is 6.47. The smallest absolute Gasteiger partial charge is 0.408 e. The Balaban J connectivity index is 1.61. The minimum absolute atomic E-state index is 0.308. The van der Waals surface area contributed by atoms with Crippen LogP contribution in [0.1, 0.15) is 16.1 Å². The predicted octanol–water partition coefficient (Wildman–Crippen LogP) is 3.09. The van der Waals surface area contributed by atoms with Crippen molar-refractivity contribution < 1.29 is 9.21 Å². The molecule has 1 N–H and O–H groups in total. The van der Waals surface area contributed by atoms with Crippen LogP contribution in [-0.4, -0.2) is 20.3 Å². The van der Waals surface area contributed by atoms with Gasteiger partial charge in [0.15, 0.2) is 11.3 Å². The van der Waals surface area contributed by atoms with Gasteiger partial charge in [0.1, 0.15) is 0 Å². The van der Waals surface area contributed by atoms with E-state index >= 15 is 0 Å². The normalized spacial score (nSPS) is 11.1. The summed E-state index contributed by atoms with van der Waals surface area (Å²) in [5.74, 6) is -0.775. The number of aromatic nitrogens is 3. The summed E-state index contributed by atoms with van der Waals surface area (Å²) in [6.45, 7) is 2.03. The van der Waals surface area contributed by atoms with E-state index in [1.807, 2.05) is 31.2 Å². The zero-order valence-corrected chi connectivity index (χ0v) is 15.2. The lowest BCUT2D eigenvalue weighted by Gasteiger charge is -2.02. The molecule has 2 aromatic heterocycles. The van der Waals surface area contributed by atoms with E-state index in [2.05, 4.69) is 10.4 Å². The molecule has 27 heavy (non-hydrogen) atoms. The Morgan fingerprint density at radius 3 is 2.56 bits per heavy atom. The van der Waals surface area contributed by atoms with Crippen molar-refractivity contribution in [1.29, 1.82) is 0 Å². The molecule has 0 atom stereocenters. The summed E-state index contributed by atoms with van der Waals surface area (Å²) in [7, 11) is 3.43. The van der Waals surface area contributed by atoms with Crippen molar-refractivity contribution in [2.75, 3.05) is 5.32 Å². The van der Waals surface area contributed by atoms with E-state index in [4.69, 9.17) is 4.42 Å². The van der Waals surface area contributed by atoms with Crippen molar-refractivity contribution in [2.24, 2.45) is 14.1 Å². The first-order chi connectivity index (χ1) is 12.9. The molecule has 0 saturated heterocycles. The Morgan fingerprint density at radius 2 is 1.81 bits per heavy atom. The first-order valence-electron chi connectivity index (χ1n) is 8.44. The van der Waals surface area contributed by atoms with Crippen molar-refractivity contribution in [1.82, 2.24) is 14.3 Å². The molecule has 7 nitrogen and oxygen atoms in total. The Kier molecular flexibility index (Phi) is 3.92. The van der Waals surface area contributed by atoms with Crippen molar-refractivity contribution in [3.8, 4) is 11.3 Å². The Labute approximate surface area is 154 Å². The molecule has 0 spiro atoms. The summed E-state index contributed by atoms with van der Waals surface area (Å²) in [4.78, 5) is 24.2. The molecule has 4 aromatic rings.